The summed E-state index contributed by atoms with van der Waals surface area (Å²) in [7, 11) is 0. The van der Waals surface area contributed by atoms with Gasteiger partial charge < -0.3 is 15.2 Å². The molecule has 0 aromatic heterocycles. The first-order valence-electron chi connectivity index (χ1n) is 8.39. The predicted octanol–water partition coefficient (Wildman–Crippen LogP) is 3.16. The predicted molar refractivity (Wildman–Crippen MR) is 95.9 cm³/mol. The quantitative estimate of drug-likeness (QED) is 0.810. The van der Waals surface area contributed by atoms with Crippen molar-refractivity contribution in [2.45, 2.75) is 19.2 Å². The number of halogens is 3. The highest BCUT2D eigenvalue weighted by Gasteiger charge is 2.34. The van der Waals surface area contributed by atoms with Crippen molar-refractivity contribution in [2.24, 2.45) is 0 Å². The number of anilines is 2. The molecule has 7 nitrogen and oxygen atoms in total. The Morgan fingerprint density at radius 2 is 1.93 bits per heavy atom. The lowest BCUT2D eigenvalue weighted by atomic mass is 10.1. The summed E-state index contributed by atoms with van der Waals surface area (Å²) in [5.41, 5.74) is -1.04. The summed E-state index contributed by atoms with van der Waals surface area (Å²) >= 11 is 0. The average molecular weight is 408 g/mol. The summed E-state index contributed by atoms with van der Waals surface area (Å²) in [5.74, 6) is -2.35. The van der Waals surface area contributed by atoms with Gasteiger partial charge in [-0.3, -0.25) is 14.5 Å². The lowest BCUT2D eigenvalue weighted by Gasteiger charge is -2.32. The highest BCUT2D eigenvalue weighted by atomic mass is 19.4. The number of fused-ring (bicyclic) bond motifs is 1. The molecule has 2 aromatic carbocycles. The van der Waals surface area contributed by atoms with Gasteiger partial charge in [0.1, 0.15) is 12.3 Å². The van der Waals surface area contributed by atoms with Gasteiger partial charge in [0.25, 0.3) is 5.91 Å². The van der Waals surface area contributed by atoms with E-state index in [4.69, 9.17) is 9.84 Å². The molecule has 1 aliphatic heterocycles. The van der Waals surface area contributed by atoms with E-state index in [0.717, 1.165) is 23.1 Å². The maximum Gasteiger partial charge on any atom is 0.416 e. The molecule has 0 saturated carbocycles. The van der Waals surface area contributed by atoms with Gasteiger partial charge in [-0.05, 0) is 43.3 Å². The number of hydrogen-bond acceptors (Lipinski definition) is 4. The van der Waals surface area contributed by atoms with Crippen molar-refractivity contribution in [3.63, 3.8) is 0 Å². The zero-order valence-electron chi connectivity index (χ0n) is 15.0. The normalized spacial score (nSPS) is 16.1. The van der Waals surface area contributed by atoms with E-state index in [0.29, 0.717) is 0 Å². The molecule has 0 aliphatic carbocycles. The fourth-order valence-electron chi connectivity index (χ4n) is 2.82. The van der Waals surface area contributed by atoms with Gasteiger partial charge in [0.2, 0.25) is 5.91 Å². The van der Waals surface area contributed by atoms with Crippen molar-refractivity contribution in [3.05, 3.63) is 53.6 Å². The first kappa shape index (κ1) is 20.2. The van der Waals surface area contributed by atoms with Crippen LogP contribution in [0, 0.1) is 0 Å². The molecule has 1 atom stereocenters. The minimum atomic E-state index is -4.57. The third-order valence-electron chi connectivity index (χ3n) is 4.19. The Labute approximate surface area is 162 Å². The molecule has 10 heteroatoms. The van der Waals surface area contributed by atoms with Gasteiger partial charge in [-0.25, -0.2) is 4.79 Å². The van der Waals surface area contributed by atoms with E-state index < -0.39 is 42.2 Å². The fourth-order valence-corrected chi connectivity index (χ4v) is 2.82. The second kappa shape index (κ2) is 7.46. The Morgan fingerprint density at radius 3 is 2.59 bits per heavy atom. The summed E-state index contributed by atoms with van der Waals surface area (Å²) in [6.07, 6.45) is -5.48. The number of aromatic carboxylic acids is 1. The van der Waals surface area contributed by atoms with Gasteiger partial charge >= 0.3 is 12.1 Å². The number of alkyl halides is 3. The van der Waals surface area contributed by atoms with Crippen LogP contribution >= 0.6 is 0 Å². The number of nitrogens with one attached hydrogen (secondary N) is 1. The first-order chi connectivity index (χ1) is 13.6. The number of nitrogens with zero attached hydrogens (tertiary/aromatic N) is 1. The Hall–Kier alpha value is -3.56. The van der Waals surface area contributed by atoms with Gasteiger partial charge in [0, 0.05) is 5.69 Å². The van der Waals surface area contributed by atoms with Gasteiger partial charge in [-0.2, -0.15) is 13.2 Å². The molecule has 0 spiro atoms. The molecule has 1 aliphatic rings. The molecule has 29 heavy (non-hydrogen) atoms. The van der Waals surface area contributed by atoms with E-state index in [1.54, 1.807) is 0 Å². The van der Waals surface area contributed by atoms with Gasteiger partial charge in [0.15, 0.2) is 6.10 Å². The fraction of sp³-hybridized carbons (Fsp3) is 0.211. The minimum absolute atomic E-state index is 0.0851. The van der Waals surface area contributed by atoms with Crippen LogP contribution < -0.4 is 15.0 Å². The number of carbonyl (C=O) groups is 3. The molecule has 152 valence electrons. The number of rotatable bonds is 4. The van der Waals surface area contributed by atoms with Crippen LogP contribution in [0.5, 0.6) is 5.75 Å². The Bertz CT molecular complexity index is 990. The molecular formula is C19H15F3N2O5. The van der Waals surface area contributed by atoms with E-state index in [9.17, 15) is 27.6 Å². The monoisotopic (exact) mass is 408 g/mol. The van der Waals surface area contributed by atoms with Crippen LogP contribution in [0.15, 0.2) is 42.5 Å². The van der Waals surface area contributed by atoms with E-state index >= 15 is 0 Å². The zero-order chi connectivity index (χ0) is 21.3. The van der Waals surface area contributed by atoms with Crippen LogP contribution in [-0.4, -0.2) is 35.5 Å². The average Bonchev–Trinajstić information content (AvgIpc) is 2.64. The largest absolute Gasteiger partial charge is 0.479 e. The molecule has 3 rings (SSSR count). The van der Waals surface area contributed by atoms with Crippen molar-refractivity contribution < 1.29 is 37.4 Å². The van der Waals surface area contributed by atoms with Crippen LogP contribution in [-0.2, 0) is 15.8 Å². The van der Waals surface area contributed by atoms with Crippen LogP contribution in [0.2, 0.25) is 0 Å². The van der Waals surface area contributed by atoms with Crippen molar-refractivity contribution >= 4 is 29.2 Å². The second-order valence-corrected chi connectivity index (χ2v) is 6.30. The highest BCUT2D eigenvalue weighted by Crippen LogP contribution is 2.35. The number of carbonyl (C=O) groups excluding carboxylic acids is 2. The highest BCUT2D eigenvalue weighted by molar-refractivity contribution is 6.06. The molecule has 0 bridgehead atoms. The Balaban J connectivity index is 1.84. The summed E-state index contributed by atoms with van der Waals surface area (Å²) in [5, 5.41) is 11.5. The lowest BCUT2D eigenvalue weighted by molar-refractivity contribution is -0.137. The smallest absolute Gasteiger partial charge is 0.416 e. The van der Waals surface area contributed by atoms with E-state index in [-0.39, 0.29) is 22.7 Å². The Morgan fingerprint density at radius 1 is 1.21 bits per heavy atom. The van der Waals surface area contributed by atoms with Gasteiger partial charge in [0.05, 0.1) is 16.8 Å². The van der Waals surface area contributed by atoms with Crippen molar-refractivity contribution in [1.82, 2.24) is 0 Å². The molecule has 2 amide bonds. The van der Waals surface area contributed by atoms with Crippen LogP contribution in [0.25, 0.3) is 0 Å². The third-order valence-corrected chi connectivity index (χ3v) is 4.19. The summed E-state index contributed by atoms with van der Waals surface area (Å²) in [4.78, 5) is 37.1. The van der Waals surface area contributed by atoms with E-state index in [1.165, 1.54) is 31.2 Å². The second-order valence-electron chi connectivity index (χ2n) is 6.30. The number of carboxylic acid groups (broad SMARTS) is 1. The molecule has 2 N–H and O–H groups in total. The van der Waals surface area contributed by atoms with E-state index in [1.807, 2.05) is 0 Å². The van der Waals surface area contributed by atoms with Crippen molar-refractivity contribution in [1.29, 1.82) is 0 Å². The first-order valence-corrected chi connectivity index (χ1v) is 8.39. The summed E-state index contributed by atoms with van der Waals surface area (Å²) in [6, 6.07) is 7.94. The zero-order valence-corrected chi connectivity index (χ0v) is 15.0. The topological polar surface area (TPSA) is 95.9 Å². The standard InChI is InChI=1S/C19H15F3N2O5/c1-10-17(26)24(14-7-11(18(27)28)5-6-15(14)29-10)9-16(25)23-13-4-2-3-12(8-13)19(20,21)22/h2-8,10H,9H2,1H3,(H,23,25)(H,27,28). The molecule has 0 fully saturated rings. The number of amides is 2. The number of carboxylic acids is 1. The summed E-state index contributed by atoms with van der Waals surface area (Å²) < 4.78 is 43.9. The van der Waals surface area contributed by atoms with E-state index in [2.05, 4.69) is 5.32 Å². The summed E-state index contributed by atoms with van der Waals surface area (Å²) in [6.45, 7) is 0.937. The lowest BCUT2D eigenvalue weighted by Crippen LogP contribution is -2.47. The van der Waals surface area contributed by atoms with Crippen LogP contribution in [0.1, 0.15) is 22.8 Å². The van der Waals surface area contributed by atoms with Crippen molar-refractivity contribution in [3.8, 4) is 5.75 Å². The van der Waals surface area contributed by atoms with Gasteiger partial charge in [-0.15, -0.1) is 0 Å². The maximum atomic E-state index is 12.8. The molecule has 0 radical (unpaired) electrons. The van der Waals surface area contributed by atoms with Gasteiger partial charge in [-0.1, -0.05) is 6.07 Å². The number of ether oxygens (including phenoxy) is 1. The molecule has 1 heterocycles. The number of hydrogen-bond donors (Lipinski definition) is 2. The molecule has 2 aromatic rings. The number of benzene rings is 2. The molecular weight excluding hydrogens is 393 g/mol. The Kier molecular flexibility index (Phi) is 5.19. The SMILES string of the molecule is CC1Oc2ccc(C(=O)O)cc2N(CC(=O)Nc2cccc(C(F)(F)F)c2)C1=O. The molecule has 1 unspecified atom stereocenters. The third kappa shape index (κ3) is 4.31. The van der Waals surface area contributed by atoms with Crippen LogP contribution in [0.3, 0.4) is 0 Å². The maximum absolute atomic E-state index is 12.8. The minimum Gasteiger partial charge on any atom is -0.479 e. The molecule has 0 saturated heterocycles. The van der Waals surface area contributed by atoms with Crippen molar-refractivity contribution in [2.75, 3.05) is 16.8 Å². The van der Waals surface area contributed by atoms with Crippen LogP contribution in [0.4, 0.5) is 24.5 Å².